The largest absolute Gasteiger partial charge is 0.325 e. The molecule has 1 aliphatic rings. The Bertz CT molecular complexity index is 917. The van der Waals surface area contributed by atoms with E-state index in [1.165, 1.54) is 9.87 Å². The molecule has 6 heteroatoms. The van der Waals surface area contributed by atoms with Crippen molar-refractivity contribution in [2.24, 2.45) is 0 Å². The van der Waals surface area contributed by atoms with Crippen molar-refractivity contribution in [2.45, 2.75) is 56.4 Å². The number of piperidine rings is 1. The first-order valence-electron chi connectivity index (χ1n) is 9.68. The smallest absolute Gasteiger partial charge is 0.243 e. The molecule has 0 bridgehead atoms. The van der Waals surface area contributed by atoms with Crippen molar-refractivity contribution < 1.29 is 13.2 Å². The third kappa shape index (κ3) is 4.45. The predicted molar refractivity (Wildman–Crippen MR) is 112 cm³/mol. The van der Waals surface area contributed by atoms with Crippen LogP contribution in [0.15, 0.2) is 59.5 Å². The molecule has 2 aromatic carbocycles. The van der Waals surface area contributed by atoms with Gasteiger partial charge in [-0.05, 0) is 48.1 Å². The van der Waals surface area contributed by atoms with Gasteiger partial charge in [0.1, 0.15) is 6.04 Å². The van der Waals surface area contributed by atoms with E-state index in [1.807, 2.05) is 24.3 Å². The van der Waals surface area contributed by atoms with Crippen molar-refractivity contribution in [3.63, 3.8) is 0 Å². The SMILES string of the molecule is CC(C)(C)c1ccc(NC(=O)[C@H]2CCCCN2S(=O)(=O)c2ccccc2)cc1. The van der Waals surface area contributed by atoms with Gasteiger partial charge in [-0.2, -0.15) is 4.31 Å². The average molecular weight is 401 g/mol. The molecule has 1 heterocycles. The summed E-state index contributed by atoms with van der Waals surface area (Å²) in [5.74, 6) is -0.275. The molecule has 3 rings (SSSR count). The normalized spacial score (nSPS) is 18.6. The molecule has 28 heavy (non-hydrogen) atoms. The molecule has 5 nitrogen and oxygen atoms in total. The summed E-state index contributed by atoms with van der Waals surface area (Å²) in [4.78, 5) is 13.1. The van der Waals surface area contributed by atoms with E-state index in [9.17, 15) is 13.2 Å². The minimum atomic E-state index is -3.70. The number of sulfonamides is 1. The second kappa shape index (κ2) is 8.05. The summed E-state index contributed by atoms with van der Waals surface area (Å²) in [7, 11) is -3.70. The van der Waals surface area contributed by atoms with Crippen LogP contribution in [0.2, 0.25) is 0 Å². The lowest BCUT2D eigenvalue weighted by atomic mass is 9.87. The monoisotopic (exact) mass is 400 g/mol. The van der Waals surface area contributed by atoms with Crippen LogP contribution in [0.5, 0.6) is 0 Å². The molecule has 1 fully saturated rings. The van der Waals surface area contributed by atoms with Gasteiger partial charge in [0.15, 0.2) is 0 Å². The number of amides is 1. The Kier molecular flexibility index (Phi) is 5.91. The van der Waals surface area contributed by atoms with E-state index in [1.54, 1.807) is 30.3 Å². The standard InChI is InChI=1S/C22H28N2O3S/c1-22(2,3)17-12-14-18(15-13-17)23-21(25)20-11-7-8-16-24(20)28(26,27)19-9-5-4-6-10-19/h4-6,9-10,12-15,20H,7-8,11,16H2,1-3H3,(H,23,25)/t20-/m1/s1. The van der Waals surface area contributed by atoms with Crippen LogP contribution in [0.25, 0.3) is 0 Å². The van der Waals surface area contributed by atoms with E-state index in [-0.39, 0.29) is 16.2 Å². The van der Waals surface area contributed by atoms with E-state index < -0.39 is 16.1 Å². The van der Waals surface area contributed by atoms with Gasteiger partial charge in [0, 0.05) is 12.2 Å². The minimum Gasteiger partial charge on any atom is -0.325 e. The van der Waals surface area contributed by atoms with Gasteiger partial charge in [0.05, 0.1) is 4.90 Å². The van der Waals surface area contributed by atoms with E-state index >= 15 is 0 Å². The number of nitrogens with zero attached hydrogens (tertiary/aromatic N) is 1. The Labute approximate surface area is 167 Å². The molecule has 1 N–H and O–H groups in total. The molecule has 0 aliphatic carbocycles. The predicted octanol–water partition coefficient (Wildman–Crippen LogP) is 4.17. The summed E-state index contributed by atoms with van der Waals surface area (Å²) in [6.45, 7) is 6.76. The fourth-order valence-electron chi connectivity index (χ4n) is 3.46. The molecular formula is C22H28N2O3S. The van der Waals surface area contributed by atoms with Crippen LogP contribution in [0.1, 0.15) is 45.6 Å². The molecular weight excluding hydrogens is 372 g/mol. The first kappa shape index (κ1) is 20.6. The Morgan fingerprint density at radius 1 is 1.00 bits per heavy atom. The lowest BCUT2D eigenvalue weighted by molar-refractivity contribution is -0.120. The zero-order chi connectivity index (χ0) is 20.4. The Morgan fingerprint density at radius 2 is 1.64 bits per heavy atom. The highest BCUT2D eigenvalue weighted by atomic mass is 32.2. The maximum atomic E-state index is 13.1. The van der Waals surface area contributed by atoms with Gasteiger partial charge in [0.25, 0.3) is 0 Å². The molecule has 0 radical (unpaired) electrons. The second-order valence-electron chi connectivity index (χ2n) is 8.26. The van der Waals surface area contributed by atoms with Crippen molar-refractivity contribution >= 4 is 21.6 Å². The summed E-state index contributed by atoms with van der Waals surface area (Å²) < 4.78 is 27.5. The molecule has 0 unspecified atom stereocenters. The second-order valence-corrected chi connectivity index (χ2v) is 10.1. The summed E-state index contributed by atoms with van der Waals surface area (Å²) in [6.07, 6.45) is 2.12. The molecule has 1 amide bonds. The van der Waals surface area contributed by atoms with Gasteiger partial charge in [-0.1, -0.05) is 57.5 Å². The van der Waals surface area contributed by atoms with Crippen molar-refractivity contribution in [3.8, 4) is 0 Å². The number of carbonyl (C=O) groups is 1. The van der Waals surface area contributed by atoms with Crippen LogP contribution < -0.4 is 5.32 Å². The highest BCUT2D eigenvalue weighted by molar-refractivity contribution is 7.89. The molecule has 1 saturated heterocycles. The first-order valence-corrected chi connectivity index (χ1v) is 11.1. The fourth-order valence-corrected chi connectivity index (χ4v) is 5.14. The number of benzene rings is 2. The zero-order valence-corrected chi connectivity index (χ0v) is 17.5. The molecule has 2 aromatic rings. The Balaban J connectivity index is 1.79. The Morgan fingerprint density at radius 3 is 2.25 bits per heavy atom. The summed E-state index contributed by atoms with van der Waals surface area (Å²) in [5.41, 5.74) is 1.89. The summed E-state index contributed by atoms with van der Waals surface area (Å²) >= 11 is 0. The average Bonchev–Trinajstić information content (AvgIpc) is 2.68. The van der Waals surface area contributed by atoms with E-state index in [2.05, 4.69) is 26.1 Å². The minimum absolute atomic E-state index is 0.0342. The first-order chi connectivity index (χ1) is 13.2. The number of anilines is 1. The molecule has 1 aliphatic heterocycles. The van der Waals surface area contributed by atoms with Crippen molar-refractivity contribution in [3.05, 3.63) is 60.2 Å². The van der Waals surface area contributed by atoms with Crippen LogP contribution in [0.3, 0.4) is 0 Å². The maximum absolute atomic E-state index is 13.1. The van der Waals surface area contributed by atoms with Gasteiger partial charge in [-0.25, -0.2) is 8.42 Å². The van der Waals surface area contributed by atoms with Gasteiger partial charge in [0.2, 0.25) is 15.9 Å². The maximum Gasteiger partial charge on any atom is 0.243 e. The van der Waals surface area contributed by atoms with Crippen LogP contribution in [-0.4, -0.2) is 31.2 Å². The number of nitrogens with one attached hydrogen (secondary N) is 1. The van der Waals surface area contributed by atoms with Crippen molar-refractivity contribution in [2.75, 3.05) is 11.9 Å². The lowest BCUT2D eigenvalue weighted by Gasteiger charge is -2.33. The number of hydrogen-bond acceptors (Lipinski definition) is 3. The van der Waals surface area contributed by atoms with E-state index in [0.717, 1.165) is 12.8 Å². The Hall–Kier alpha value is -2.18. The van der Waals surface area contributed by atoms with E-state index in [0.29, 0.717) is 18.7 Å². The van der Waals surface area contributed by atoms with Crippen LogP contribution in [0.4, 0.5) is 5.69 Å². The fraction of sp³-hybridized carbons (Fsp3) is 0.409. The van der Waals surface area contributed by atoms with E-state index in [4.69, 9.17) is 0 Å². The number of hydrogen-bond donors (Lipinski definition) is 1. The molecule has 150 valence electrons. The third-order valence-electron chi connectivity index (χ3n) is 5.12. The topological polar surface area (TPSA) is 66.5 Å². The highest BCUT2D eigenvalue weighted by Gasteiger charge is 2.37. The van der Waals surface area contributed by atoms with Gasteiger partial charge >= 0.3 is 0 Å². The highest BCUT2D eigenvalue weighted by Crippen LogP contribution is 2.27. The van der Waals surface area contributed by atoms with Crippen molar-refractivity contribution in [1.82, 2.24) is 4.31 Å². The summed E-state index contributed by atoms with van der Waals surface area (Å²) in [5, 5.41) is 2.90. The number of carbonyl (C=O) groups excluding carboxylic acids is 1. The molecule has 0 saturated carbocycles. The van der Waals surface area contributed by atoms with Crippen molar-refractivity contribution in [1.29, 1.82) is 0 Å². The van der Waals surface area contributed by atoms with Gasteiger partial charge < -0.3 is 5.32 Å². The summed E-state index contributed by atoms with van der Waals surface area (Å²) in [6, 6.07) is 15.4. The van der Waals surface area contributed by atoms with Gasteiger partial charge in [-0.3, -0.25) is 4.79 Å². The lowest BCUT2D eigenvalue weighted by Crippen LogP contribution is -2.49. The molecule has 0 spiro atoms. The third-order valence-corrected chi connectivity index (χ3v) is 7.05. The molecule has 0 aromatic heterocycles. The van der Waals surface area contributed by atoms with Crippen LogP contribution in [0, 0.1) is 0 Å². The quantitative estimate of drug-likeness (QED) is 0.838. The zero-order valence-electron chi connectivity index (χ0n) is 16.7. The van der Waals surface area contributed by atoms with Gasteiger partial charge in [-0.15, -0.1) is 0 Å². The number of rotatable bonds is 4. The van der Waals surface area contributed by atoms with Crippen LogP contribution >= 0.6 is 0 Å². The molecule has 1 atom stereocenters. The van der Waals surface area contributed by atoms with Crippen LogP contribution in [-0.2, 0) is 20.2 Å².